The standard InChI is InChI=1S/C13H14ClN3O4S/c1-3-21-12(20)9-6(2)8-10(15-5-4-7(18)19)16-13(14)17-11(8)22-9/h3-5H2,1-2H3,(H,18,19)(H,15,16,17). The molecule has 2 aromatic rings. The highest BCUT2D eigenvalue weighted by Gasteiger charge is 2.21. The highest BCUT2D eigenvalue weighted by Crippen LogP contribution is 2.35. The molecule has 0 aliphatic heterocycles. The van der Waals surface area contributed by atoms with E-state index in [1.54, 1.807) is 13.8 Å². The first-order valence-electron chi connectivity index (χ1n) is 6.53. The zero-order chi connectivity index (χ0) is 16.3. The van der Waals surface area contributed by atoms with Gasteiger partial charge in [-0.25, -0.2) is 14.8 Å². The van der Waals surface area contributed by atoms with E-state index in [0.717, 1.165) is 0 Å². The third kappa shape index (κ3) is 3.45. The van der Waals surface area contributed by atoms with Gasteiger partial charge in [-0.1, -0.05) is 0 Å². The van der Waals surface area contributed by atoms with E-state index in [9.17, 15) is 9.59 Å². The van der Waals surface area contributed by atoms with Gasteiger partial charge in [-0.3, -0.25) is 4.79 Å². The van der Waals surface area contributed by atoms with Gasteiger partial charge >= 0.3 is 11.9 Å². The van der Waals surface area contributed by atoms with E-state index >= 15 is 0 Å². The number of carboxylic acid groups (broad SMARTS) is 1. The van der Waals surface area contributed by atoms with Crippen molar-refractivity contribution in [1.82, 2.24) is 9.97 Å². The number of aromatic nitrogens is 2. The second-order valence-corrected chi connectivity index (χ2v) is 5.71. The van der Waals surface area contributed by atoms with Crippen LogP contribution in [0.1, 0.15) is 28.6 Å². The number of esters is 1. The molecule has 0 aromatic carbocycles. The molecule has 0 aliphatic carbocycles. The summed E-state index contributed by atoms with van der Waals surface area (Å²) in [5, 5.41) is 12.3. The van der Waals surface area contributed by atoms with Crippen molar-refractivity contribution in [2.45, 2.75) is 20.3 Å². The molecule has 0 saturated heterocycles. The maximum atomic E-state index is 11.9. The summed E-state index contributed by atoms with van der Waals surface area (Å²) in [7, 11) is 0. The number of hydrogen-bond acceptors (Lipinski definition) is 7. The topological polar surface area (TPSA) is 101 Å². The predicted octanol–water partition coefficient (Wildman–Crippen LogP) is 2.72. The van der Waals surface area contributed by atoms with E-state index in [0.29, 0.717) is 26.5 Å². The van der Waals surface area contributed by atoms with E-state index in [1.165, 1.54) is 11.3 Å². The summed E-state index contributed by atoms with van der Waals surface area (Å²) in [5.74, 6) is -0.922. The maximum Gasteiger partial charge on any atom is 0.348 e. The Morgan fingerprint density at radius 3 is 2.77 bits per heavy atom. The SMILES string of the molecule is CCOC(=O)c1sc2nc(Cl)nc(NCCC(=O)O)c2c1C. The van der Waals surface area contributed by atoms with Crippen LogP contribution in [0, 0.1) is 6.92 Å². The lowest BCUT2D eigenvalue weighted by atomic mass is 10.2. The van der Waals surface area contributed by atoms with Crippen LogP contribution in [0.15, 0.2) is 0 Å². The maximum absolute atomic E-state index is 11.9. The molecule has 0 unspecified atom stereocenters. The quantitative estimate of drug-likeness (QED) is 0.614. The fourth-order valence-electron chi connectivity index (χ4n) is 1.92. The third-order valence-electron chi connectivity index (χ3n) is 2.86. The molecule has 7 nitrogen and oxygen atoms in total. The van der Waals surface area contributed by atoms with E-state index in [2.05, 4.69) is 15.3 Å². The van der Waals surface area contributed by atoms with Gasteiger partial charge in [-0.2, -0.15) is 0 Å². The molecular formula is C13H14ClN3O4S. The first-order valence-corrected chi connectivity index (χ1v) is 7.72. The summed E-state index contributed by atoms with van der Waals surface area (Å²) in [6.45, 7) is 3.98. The second kappa shape index (κ2) is 6.89. The van der Waals surface area contributed by atoms with Crippen molar-refractivity contribution < 1.29 is 19.4 Å². The fourth-order valence-corrected chi connectivity index (χ4v) is 3.21. The number of aliphatic carboxylic acids is 1. The van der Waals surface area contributed by atoms with Gasteiger partial charge in [0.05, 0.1) is 18.4 Å². The predicted molar refractivity (Wildman–Crippen MR) is 83.9 cm³/mol. The molecule has 0 radical (unpaired) electrons. The van der Waals surface area contributed by atoms with Gasteiger partial charge in [0.25, 0.3) is 0 Å². The Hall–Kier alpha value is -1.93. The van der Waals surface area contributed by atoms with E-state index < -0.39 is 11.9 Å². The third-order valence-corrected chi connectivity index (χ3v) is 4.19. The van der Waals surface area contributed by atoms with E-state index in [-0.39, 0.29) is 24.9 Å². The monoisotopic (exact) mass is 343 g/mol. The number of carbonyl (C=O) groups excluding carboxylic acids is 1. The molecule has 118 valence electrons. The van der Waals surface area contributed by atoms with Gasteiger partial charge < -0.3 is 15.2 Å². The molecule has 0 atom stereocenters. The molecule has 0 amide bonds. The first kappa shape index (κ1) is 16.4. The molecule has 2 rings (SSSR count). The molecule has 0 spiro atoms. The molecule has 0 saturated carbocycles. The molecular weight excluding hydrogens is 330 g/mol. The fraction of sp³-hybridized carbons (Fsp3) is 0.385. The van der Waals surface area contributed by atoms with Crippen molar-refractivity contribution in [3.8, 4) is 0 Å². The van der Waals surface area contributed by atoms with Crippen molar-refractivity contribution in [3.63, 3.8) is 0 Å². The van der Waals surface area contributed by atoms with E-state index in [1.807, 2.05) is 0 Å². The van der Waals surface area contributed by atoms with Crippen molar-refractivity contribution in [2.24, 2.45) is 0 Å². The Balaban J connectivity index is 2.43. The van der Waals surface area contributed by atoms with Gasteiger partial charge in [0.2, 0.25) is 5.28 Å². The van der Waals surface area contributed by atoms with Crippen LogP contribution in [0.4, 0.5) is 5.82 Å². The van der Waals surface area contributed by atoms with Crippen LogP contribution in [0.25, 0.3) is 10.2 Å². The van der Waals surface area contributed by atoms with Crippen molar-refractivity contribution in [1.29, 1.82) is 0 Å². The smallest absolute Gasteiger partial charge is 0.348 e. The Morgan fingerprint density at radius 1 is 1.41 bits per heavy atom. The number of anilines is 1. The van der Waals surface area contributed by atoms with Crippen molar-refractivity contribution in [3.05, 3.63) is 15.7 Å². The zero-order valence-electron chi connectivity index (χ0n) is 12.0. The molecule has 0 aliphatic rings. The number of aryl methyl sites for hydroxylation is 1. The average Bonchev–Trinajstić information content (AvgIpc) is 2.75. The normalized spacial score (nSPS) is 10.7. The van der Waals surface area contributed by atoms with Crippen LogP contribution in [0.3, 0.4) is 0 Å². The molecule has 2 aromatic heterocycles. The first-order chi connectivity index (χ1) is 10.4. The highest BCUT2D eigenvalue weighted by atomic mass is 35.5. The van der Waals surface area contributed by atoms with Crippen LogP contribution >= 0.6 is 22.9 Å². The minimum absolute atomic E-state index is 0.0296. The number of ether oxygens (including phenoxy) is 1. The van der Waals surface area contributed by atoms with Crippen LogP contribution in [-0.2, 0) is 9.53 Å². The number of carboxylic acids is 1. The van der Waals surface area contributed by atoms with Crippen molar-refractivity contribution >= 4 is 50.9 Å². The number of rotatable bonds is 6. The van der Waals surface area contributed by atoms with Gasteiger partial charge in [0.1, 0.15) is 15.5 Å². The van der Waals surface area contributed by atoms with Crippen LogP contribution in [0.2, 0.25) is 5.28 Å². The van der Waals surface area contributed by atoms with Gasteiger partial charge in [-0.05, 0) is 31.0 Å². The summed E-state index contributed by atoms with van der Waals surface area (Å²) in [6.07, 6.45) is -0.0585. The molecule has 9 heteroatoms. The van der Waals surface area contributed by atoms with Crippen molar-refractivity contribution in [2.75, 3.05) is 18.5 Å². The Morgan fingerprint density at radius 2 is 2.14 bits per heavy atom. The number of nitrogens with one attached hydrogen (secondary N) is 1. The zero-order valence-corrected chi connectivity index (χ0v) is 13.5. The van der Waals surface area contributed by atoms with Crippen LogP contribution in [0.5, 0.6) is 0 Å². The second-order valence-electron chi connectivity index (χ2n) is 4.37. The van der Waals surface area contributed by atoms with Gasteiger partial charge in [-0.15, -0.1) is 11.3 Å². The summed E-state index contributed by atoms with van der Waals surface area (Å²) in [5.41, 5.74) is 0.688. The molecule has 0 fully saturated rings. The number of nitrogens with zero attached hydrogens (tertiary/aromatic N) is 2. The highest BCUT2D eigenvalue weighted by molar-refractivity contribution is 7.20. The number of thiophene rings is 1. The minimum Gasteiger partial charge on any atom is -0.481 e. The van der Waals surface area contributed by atoms with E-state index in [4.69, 9.17) is 21.4 Å². The lowest BCUT2D eigenvalue weighted by Crippen LogP contribution is -2.09. The Labute approximate surface area is 135 Å². The number of carbonyl (C=O) groups is 2. The lowest BCUT2D eigenvalue weighted by Gasteiger charge is -2.06. The number of halogens is 1. The summed E-state index contributed by atoms with van der Waals surface area (Å²) < 4.78 is 5.01. The molecule has 22 heavy (non-hydrogen) atoms. The average molecular weight is 344 g/mol. The molecule has 0 bridgehead atoms. The number of fused-ring (bicyclic) bond motifs is 1. The molecule has 2 N–H and O–H groups in total. The van der Waals surface area contributed by atoms with Crippen LogP contribution in [-0.4, -0.2) is 40.2 Å². The van der Waals surface area contributed by atoms with Gasteiger partial charge in [0, 0.05) is 6.54 Å². The van der Waals surface area contributed by atoms with Gasteiger partial charge in [0.15, 0.2) is 0 Å². The lowest BCUT2D eigenvalue weighted by molar-refractivity contribution is -0.136. The molecule has 2 heterocycles. The number of hydrogen-bond donors (Lipinski definition) is 2. The minimum atomic E-state index is -0.918. The van der Waals surface area contributed by atoms with Crippen LogP contribution < -0.4 is 5.32 Å². The largest absolute Gasteiger partial charge is 0.481 e. The summed E-state index contributed by atoms with van der Waals surface area (Å²) in [4.78, 5) is 31.7. The summed E-state index contributed by atoms with van der Waals surface area (Å²) in [6, 6.07) is 0. The Bertz CT molecular complexity index is 732. The summed E-state index contributed by atoms with van der Waals surface area (Å²) >= 11 is 7.05. The Kier molecular flexibility index (Phi) is 5.15.